The van der Waals surface area contributed by atoms with Crippen LogP contribution in [0.1, 0.15) is 13.7 Å². The second-order valence-electron chi connectivity index (χ2n) is 13.8. The summed E-state index contributed by atoms with van der Waals surface area (Å²) >= 11 is 2.14. The van der Waals surface area contributed by atoms with Gasteiger partial charge in [-0.15, -0.1) is 0 Å². The predicted octanol–water partition coefficient (Wildman–Crippen LogP) is 13.4. The van der Waals surface area contributed by atoms with Gasteiger partial charge in [0.2, 0.25) is 0 Å². The van der Waals surface area contributed by atoms with Crippen LogP contribution in [-0.4, -0.2) is 18.7 Å². The van der Waals surface area contributed by atoms with Crippen LogP contribution in [0.3, 0.4) is 0 Å². The Morgan fingerprint density at radius 2 is 1.17 bits per heavy atom. The third-order valence-electron chi connectivity index (χ3n) is 10.4. The van der Waals surface area contributed by atoms with Crippen LogP contribution in [0.2, 0.25) is 0 Å². The Balaban J connectivity index is 1.09. The fourth-order valence-corrected chi connectivity index (χ4v) is 8.85. The van der Waals surface area contributed by atoms with E-state index in [1.807, 2.05) is 94.1 Å². The number of ether oxygens (including phenoxy) is 1. The Kier molecular flexibility index (Phi) is 6.71. The van der Waals surface area contributed by atoms with Gasteiger partial charge in [-0.1, -0.05) is 42.5 Å². The molecule has 3 aromatic heterocycles. The first-order chi connectivity index (χ1) is 33.8. The molecule has 5 nitrogen and oxygen atoms in total. The van der Waals surface area contributed by atoms with Crippen molar-refractivity contribution in [3.8, 4) is 62.1 Å². The van der Waals surface area contributed by atoms with Gasteiger partial charge in [0, 0.05) is 6.20 Å². The summed E-state index contributed by atoms with van der Waals surface area (Å²) in [6.45, 7) is 0. The van der Waals surface area contributed by atoms with Gasteiger partial charge in [-0.25, -0.2) is 0 Å². The maximum absolute atomic E-state index is 9.06. The molecule has 60 heavy (non-hydrogen) atoms. The average Bonchev–Trinajstić information content (AvgIpc) is 3.87. The molecule has 11 aromatic rings. The molecular formula is C54H34N4OPt-2. The van der Waals surface area contributed by atoms with Gasteiger partial charge in [-0.2, -0.15) is 0 Å². The first-order valence-corrected chi connectivity index (χ1v) is 20.1. The van der Waals surface area contributed by atoms with Crippen molar-refractivity contribution in [2.45, 2.75) is 0 Å². The van der Waals surface area contributed by atoms with E-state index in [1.54, 1.807) is 30.5 Å². The number of rotatable bonds is 8. The predicted molar refractivity (Wildman–Crippen MR) is 238 cm³/mol. The SMILES string of the molecule is [2H]c1c([2H])c([2H])c(-c2cccc(-c3c([2H])c([2H])c([2H])c([2H])c3[2H])c2-n2[c](=[Pt])n(-c3[c-]c(Oc4[c-]c5c(cc4)c4cc(-c6ccccc6)ccc4n5-c4ccccn4)ccc3)c3ccccc32)c([2H])c1[2H]. The van der Waals surface area contributed by atoms with Gasteiger partial charge in [-0.05, 0) is 17.2 Å². The molecule has 0 saturated carbocycles. The van der Waals surface area contributed by atoms with E-state index >= 15 is 0 Å². The van der Waals surface area contributed by atoms with E-state index in [0.29, 0.717) is 32.0 Å². The van der Waals surface area contributed by atoms with E-state index in [1.165, 1.54) is 0 Å². The molecule has 0 radical (unpaired) electrons. The van der Waals surface area contributed by atoms with Crippen molar-refractivity contribution in [3.05, 3.63) is 222 Å². The zero-order chi connectivity index (χ0) is 48.7. The van der Waals surface area contributed by atoms with Crippen LogP contribution in [0.5, 0.6) is 11.5 Å². The van der Waals surface area contributed by atoms with Crippen molar-refractivity contribution in [1.82, 2.24) is 18.7 Å². The van der Waals surface area contributed by atoms with Crippen LogP contribution in [0, 0.1) is 15.9 Å². The third kappa shape index (κ3) is 6.23. The molecule has 0 spiro atoms. The fraction of sp³-hybridized carbons (Fsp3) is 0. The first kappa shape index (κ1) is 26.6. The standard InChI is InChI=1S/C54H34N4O.Pt/c1-4-16-38(17-5-1)41-29-32-49-48(34-41)47-31-30-44(36-52(47)58(49)53-28-12-13-33-55-53)59-43-23-14-22-42(35-43)56-37-57(51-27-11-10-26-50(51)56)54-45(39-18-6-2-7-19-39)24-15-25-46(54)40-20-8-3-9-21-40;/h1-34H;/q-2;/i2D,3D,6D,7D,8D,9D,18D,19D,20D,21D;. The summed E-state index contributed by atoms with van der Waals surface area (Å²) in [7, 11) is 0. The van der Waals surface area contributed by atoms with Gasteiger partial charge in [0.15, 0.2) is 0 Å². The van der Waals surface area contributed by atoms with Crippen LogP contribution in [-0.2, 0) is 19.4 Å². The van der Waals surface area contributed by atoms with Crippen molar-refractivity contribution >= 4 is 32.8 Å². The van der Waals surface area contributed by atoms with E-state index < -0.39 is 60.4 Å². The fourth-order valence-electron chi connectivity index (χ4n) is 7.77. The summed E-state index contributed by atoms with van der Waals surface area (Å²) in [4.78, 5) is 4.71. The third-order valence-corrected chi connectivity index (χ3v) is 11.4. The molecule has 0 aliphatic rings. The zero-order valence-electron chi connectivity index (χ0n) is 41.4. The van der Waals surface area contributed by atoms with Crippen molar-refractivity contribution in [2.24, 2.45) is 0 Å². The molecular weight excluding hydrogens is 916 g/mol. The van der Waals surface area contributed by atoms with E-state index in [9.17, 15) is 0 Å². The Morgan fingerprint density at radius 1 is 0.500 bits per heavy atom. The number of aromatic nitrogens is 4. The second kappa shape index (κ2) is 15.1. The number of nitrogens with zero attached hydrogens (tertiary/aromatic N) is 4. The molecule has 0 amide bonds. The Labute approximate surface area is 372 Å². The molecule has 8 aromatic carbocycles. The maximum atomic E-state index is 9.06. The van der Waals surface area contributed by atoms with Gasteiger partial charge < -0.3 is 0 Å². The molecule has 0 aliphatic heterocycles. The molecule has 0 atom stereocenters. The average molecular weight is 960 g/mol. The second-order valence-corrected chi connectivity index (χ2v) is 14.8. The minimum atomic E-state index is -0.566. The number of benzene rings is 8. The van der Waals surface area contributed by atoms with Crippen molar-refractivity contribution in [2.75, 3.05) is 0 Å². The summed E-state index contributed by atoms with van der Waals surface area (Å²) in [5, 5.41) is 2.00. The summed E-state index contributed by atoms with van der Waals surface area (Å²) < 4.78 is 100. The number of hydrogen-bond donors (Lipinski definition) is 0. The number of para-hydroxylation sites is 3. The van der Waals surface area contributed by atoms with E-state index in [-0.39, 0.29) is 27.9 Å². The summed E-state index contributed by atoms with van der Waals surface area (Å²) in [6.07, 6.45) is 1.76. The van der Waals surface area contributed by atoms with E-state index in [4.69, 9.17) is 23.4 Å². The quantitative estimate of drug-likeness (QED) is 0.142. The van der Waals surface area contributed by atoms with Crippen LogP contribution in [0.15, 0.2) is 206 Å². The Morgan fingerprint density at radius 3 is 1.88 bits per heavy atom. The zero-order valence-corrected chi connectivity index (χ0v) is 33.6. The van der Waals surface area contributed by atoms with Crippen LogP contribution in [0.25, 0.3) is 83.4 Å². The Bertz CT molecular complexity index is 3880. The van der Waals surface area contributed by atoms with Crippen molar-refractivity contribution < 1.29 is 37.8 Å². The number of fused-ring (bicyclic) bond motifs is 4. The van der Waals surface area contributed by atoms with E-state index in [2.05, 4.69) is 66.4 Å². The summed E-state index contributed by atoms with van der Waals surface area (Å²) in [5.74, 6) is 1.53. The van der Waals surface area contributed by atoms with Gasteiger partial charge in [-0.3, -0.25) is 0 Å². The number of pyridine rings is 1. The molecule has 0 bridgehead atoms. The molecule has 0 N–H and O–H groups in total. The van der Waals surface area contributed by atoms with Crippen molar-refractivity contribution in [3.63, 3.8) is 0 Å². The van der Waals surface area contributed by atoms with Gasteiger partial charge in [0.1, 0.15) is 0 Å². The molecule has 288 valence electrons. The topological polar surface area (TPSA) is 36.9 Å². The monoisotopic (exact) mass is 959 g/mol. The van der Waals surface area contributed by atoms with Crippen LogP contribution >= 0.6 is 0 Å². The van der Waals surface area contributed by atoms with Gasteiger partial charge in [0.05, 0.1) is 0 Å². The summed E-state index contributed by atoms with van der Waals surface area (Å²) in [6, 6.07) is 45.8. The molecule has 0 saturated heterocycles. The minimum absolute atomic E-state index is 0.121. The Hall–Kier alpha value is -7.33. The molecule has 0 fully saturated rings. The molecule has 6 heteroatoms. The number of hydrogen-bond acceptors (Lipinski definition) is 2. The summed E-state index contributed by atoms with van der Waals surface area (Å²) in [5.41, 5.74) is 6.08. The normalized spacial score (nSPS) is 13.8. The van der Waals surface area contributed by atoms with Crippen LogP contribution < -0.4 is 4.74 Å². The first-order valence-electron chi connectivity index (χ1n) is 24.0. The number of imidazole rings is 1. The van der Waals surface area contributed by atoms with Crippen LogP contribution in [0.4, 0.5) is 0 Å². The van der Waals surface area contributed by atoms with E-state index in [0.717, 1.165) is 38.8 Å². The molecule has 11 rings (SSSR count). The van der Waals surface area contributed by atoms with Crippen molar-refractivity contribution in [1.29, 1.82) is 0 Å². The van der Waals surface area contributed by atoms with Gasteiger partial charge >= 0.3 is 308 Å². The molecule has 0 aliphatic carbocycles. The molecule has 0 unspecified atom stereocenters. The van der Waals surface area contributed by atoms with Gasteiger partial charge in [0.25, 0.3) is 0 Å². The molecule has 3 heterocycles.